The second kappa shape index (κ2) is 6.61. The number of likely N-dealkylation sites (N-methyl/N-ethyl adjacent to an activating group) is 1. The molecule has 1 aromatic rings. The number of ether oxygens (including phenoxy) is 1. The van der Waals surface area contributed by atoms with Crippen LogP contribution in [0.1, 0.15) is 12.5 Å². The summed E-state index contributed by atoms with van der Waals surface area (Å²) in [5, 5.41) is 3.32. The summed E-state index contributed by atoms with van der Waals surface area (Å²) in [6.45, 7) is 1.70. The summed E-state index contributed by atoms with van der Waals surface area (Å²) >= 11 is 0. The van der Waals surface area contributed by atoms with Crippen LogP contribution in [0.3, 0.4) is 0 Å². The van der Waals surface area contributed by atoms with Crippen molar-refractivity contribution in [2.45, 2.75) is 19.6 Å². The first-order chi connectivity index (χ1) is 8.50. The van der Waals surface area contributed by atoms with Crippen molar-refractivity contribution in [2.24, 2.45) is 5.84 Å². The van der Waals surface area contributed by atoms with Crippen molar-refractivity contribution >= 4 is 12.0 Å². The molecular formula is C12H17N3O3. The highest BCUT2D eigenvalue weighted by Crippen LogP contribution is 2.00. The first-order valence-electron chi connectivity index (χ1n) is 5.50. The quantitative estimate of drug-likeness (QED) is 0.467. The molecule has 1 unspecified atom stereocenters. The molecule has 1 rings (SSSR count). The summed E-state index contributed by atoms with van der Waals surface area (Å²) in [6.07, 6.45) is -0.651. The van der Waals surface area contributed by atoms with Crippen LogP contribution in [0.15, 0.2) is 30.3 Å². The Morgan fingerprint density at radius 1 is 1.39 bits per heavy atom. The minimum Gasteiger partial charge on any atom is -0.445 e. The predicted octanol–water partition coefficient (Wildman–Crippen LogP) is 0.633. The summed E-state index contributed by atoms with van der Waals surface area (Å²) in [7, 11) is 1.41. The van der Waals surface area contributed by atoms with Gasteiger partial charge in [0.05, 0.1) is 0 Å². The summed E-state index contributed by atoms with van der Waals surface area (Å²) in [6, 6.07) is 8.55. The molecule has 0 saturated heterocycles. The fourth-order valence-corrected chi connectivity index (χ4v) is 1.31. The van der Waals surface area contributed by atoms with Gasteiger partial charge in [0, 0.05) is 7.05 Å². The topological polar surface area (TPSA) is 84.7 Å². The number of rotatable bonds is 4. The summed E-state index contributed by atoms with van der Waals surface area (Å²) < 4.78 is 4.97. The number of hydrogen-bond donors (Lipinski definition) is 2. The van der Waals surface area contributed by atoms with Gasteiger partial charge in [-0.2, -0.15) is 0 Å². The Bertz CT molecular complexity index is 406. The predicted molar refractivity (Wildman–Crippen MR) is 66.2 cm³/mol. The van der Waals surface area contributed by atoms with Crippen LogP contribution in [-0.4, -0.2) is 30.1 Å². The monoisotopic (exact) mass is 251 g/mol. The van der Waals surface area contributed by atoms with Gasteiger partial charge >= 0.3 is 6.09 Å². The van der Waals surface area contributed by atoms with Crippen LogP contribution in [0, 0.1) is 0 Å². The Morgan fingerprint density at radius 3 is 2.56 bits per heavy atom. The van der Waals surface area contributed by atoms with E-state index in [0.29, 0.717) is 0 Å². The third-order valence-corrected chi connectivity index (χ3v) is 2.27. The van der Waals surface area contributed by atoms with E-state index >= 15 is 0 Å². The lowest BCUT2D eigenvalue weighted by atomic mass is 10.2. The molecule has 0 radical (unpaired) electrons. The van der Waals surface area contributed by atoms with E-state index in [1.54, 1.807) is 0 Å². The molecule has 1 aromatic carbocycles. The van der Waals surface area contributed by atoms with E-state index in [2.05, 4.69) is 5.32 Å². The van der Waals surface area contributed by atoms with Crippen molar-refractivity contribution in [3.05, 3.63) is 35.9 Å². The molecule has 0 aliphatic heterocycles. The van der Waals surface area contributed by atoms with Crippen LogP contribution >= 0.6 is 0 Å². The van der Waals surface area contributed by atoms with Crippen molar-refractivity contribution in [2.75, 3.05) is 7.05 Å². The first-order valence-corrected chi connectivity index (χ1v) is 5.50. The molecule has 2 amide bonds. The molecule has 0 fully saturated rings. The number of carbonyl (C=O) groups excluding carboxylic acids is 2. The molecule has 6 nitrogen and oxygen atoms in total. The fraction of sp³-hybridized carbons (Fsp3) is 0.333. The second-order valence-electron chi connectivity index (χ2n) is 3.88. The first kappa shape index (κ1) is 14.0. The number of alkyl carbamates (subject to hydrolysis) is 1. The summed E-state index contributed by atoms with van der Waals surface area (Å²) in [5.41, 5.74) is 0.877. The lowest BCUT2D eigenvalue weighted by Gasteiger charge is -2.17. The molecule has 6 heteroatoms. The zero-order valence-corrected chi connectivity index (χ0v) is 10.4. The van der Waals surface area contributed by atoms with Gasteiger partial charge in [-0.25, -0.2) is 10.6 Å². The maximum Gasteiger partial charge on any atom is 0.408 e. The van der Waals surface area contributed by atoms with Crippen LogP contribution in [0.5, 0.6) is 0 Å². The van der Waals surface area contributed by atoms with Gasteiger partial charge in [0.15, 0.2) is 0 Å². The normalized spacial score (nSPS) is 11.5. The molecular weight excluding hydrogens is 234 g/mol. The van der Waals surface area contributed by atoms with Crippen LogP contribution in [0.25, 0.3) is 0 Å². The molecule has 0 spiro atoms. The Kier molecular flexibility index (Phi) is 5.13. The third-order valence-electron chi connectivity index (χ3n) is 2.27. The highest BCUT2D eigenvalue weighted by Gasteiger charge is 2.18. The van der Waals surface area contributed by atoms with E-state index in [9.17, 15) is 9.59 Å². The molecule has 1 atom stereocenters. The number of carbonyl (C=O) groups is 2. The van der Waals surface area contributed by atoms with Crippen molar-refractivity contribution in [3.8, 4) is 0 Å². The number of nitrogens with zero attached hydrogens (tertiary/aromatic N) is 1. The largest absolute Gasteiger partial charge is 0.445 e. The molecule has 98 valence electrons. The Morgan fingerprint density at radius 2 is 2.00 bits per heavy atom. The fourth-order valence-electron chi connectivity index (χ4n) is 1.31. The Balaban J connectivity index is 2.36. The molecule has 0 aromatic heterocycles. The zero-order valence-electron chi connectivity index (χ0n) is 10.4. The van der Waals surface area contributed by atoms with Gasteiger partial charge in [-0.1, -0.05) is 30.3 Å². The van der Waals surface area contributed by atoms with E-state index in [4.69, 9.17) is 10.6 Å². The lowest BCUT2D eigenvalue weighted by molar-refractivity contribution is -0.131. The van der Waals surface area contributed by atoms with E-state index in [0.717, 1.165) is 10.6 Å². The minimum absolute atomic E-state index is 0.159. The van der Waals surface area contributed by atoms with Crippen molar-refractivity contribution in [1.82, 2.24) is 10.3 Å². The number of amides is 2. The maximum atomic E-state index is 11.4. The number of benzene rings is 1. The molecule has 0 aliphatic rings. The molecule has 0 bridgehead atoms. The second-order valence-corrected chi connectivity index (χ2v) is 3.88. The van der Waals surface area contributed by atoms with Crippen LogP contribution in [-0.2, 0) is 16.1 Å². The maximum absolute atomic E-state index is 11.4. The van der Waals surface area contributed by atoms with Gasteiger partial charge in [0.25, 0.3) is 5.91 Å². The van der Waals surface area contributed by atoms with Gasteiger partial charge in [-0.15, -0.1) is 0 Å². The number of nitrogens with two attached hydrogens (primary N) is 1. The standard InChI is InChI=1S/C12H17N3O3/c1-9(11(16)15(2)13)14-12(17)18-8-10-6-4-3-5-7-10/h3-7,9H,8,13H2,1-2H3,(H,14,17). The Hall–Kier alpha value is -2.08. The number of hydrazine groups is 1. The van der Waals surface area contributed by atoms with E-state index < -0.39 is 18.0 Å². The van der Waals surface area contributed by atoms with Crippen LogP contribution in [0.2, 0.25) is 0 Å². The van der Waals surface area contributed by atoms with Gasteiger partial charge in [-0.05, 0) is 12.5 Å². The average Bonchev–Trinajstić information content (AvgIpc) is 2.36. The number of hydrogen-bond acceptors (Lipinski definition) is 4. The summed E-state index contributed by atoms with van der Waals surface area (Å²) in [4.78, 5) is 22.8. The highest BCUT2D eigenvalue weighted by molar-refractivity contribution is 5.84. The van der Waals surface area contributed by atoms with E-state index in [1.165, 1.54) is 14.0 Å². The van der Waals surface area contributed by atoms with Crippen molar-refractivity contribution in [3.63, 3.8) is 0 Å². The van der Waals surface area contributed by atoms with Crippen molar-refractivity contribution < 1.29 is 14.3 Å². The SMILES string of the molecule is CC(NC(=O)OCc1ccccc1)C(=O)N(C)N. The van der Waals surface area contributed by atoms with Gasteiger partial charge < -0.3 is 10.1 Å². The molecule has 18 heavy (non-hydrogen) atoms. The van der Waals surface area contributed by atoms with Crippen molar-refractivity contribution in [1.29, 1.82) is 0 Å². The molecule has 0 saturated carbocycles. The smallest absolute Gasteiger partial charge is 0.408 e. The molecule has 3 N–H and O–H groups in total. The van der Waals surface area contributed by atoms with Crippen LogP contribution in [0.4, 0.5) is 4.79 Å². The van der Waals surface area contributed by atoms with Crippen LogP contribution < -0.4 is 11.2 Å². The van der Waals surface area contributed by atoms with E-state index in [1.807, 2.05) is 30.3 Å². The molecule has 0 heterocycles. The highest BCUT2D eigenvalue weighted by atomic mass is 16.5. The van der Waals surface area contributed by atoms with Gasteiger partial charge in [0.2, 0.25) is 0 Å². The summed E-state index contributed by atoms with van der Waals surface area (Å²) in [5.74, 6) is 4.87. The lowest BCUT2D eigenvalue weighted by Crippen LogP contribution is -2.48. The third kappa shape index (κ3) is 4.42. The van der Waals surface area contributed by atoms with Gasteiger partial charge in [-0.3, -0.25) is 9.80 Å². The zero-order chi connectivity index (χ0) is 13.5. The van der Waals surface area contributed by atoms with E-state index in [-0.39, 0.29) is 6.61 Å². The average molecular weight is 251 g/mol. The minimum atomic E-state index is -0.719. The molecule has 0 aliphatic carbocycles. The van der Waals surface area contributed by atoms with Gasteiger partial charge in [0.1, 0.15) is 12.6 Å². The number of nitrogens with one attached hydrogen (secondary N) is 1. The Labute approximate surface area is 106 Å².